The minimum Gasteiger partial charge on any atom is -0.356 e. The molecule has 0 aliphatic carbocycles. The molecule has 3 N–H and O–H groups in total. The number of guanidine groups is 1. The quantitative estimate of drug-likeness (QED) is 0.579. The van der Waals surface area contributed by atoms with E-state index in [4.69, 9.17) is 0 Å². The van der Waals surface area contributed by atoms with Crippen molar-refractivity contribution in [1.29, 1.82) is 0 Å². The van der Waals surface area contributed by atoms with Crippen LogP contribution < -0.4 is 16.0 Å². The van der Waals surface area contributed by atoms with Gasteiger partial charge < -0.3 is 16.0 Å². The van der Waals surface area contributed by atoms with Crippen LogP contribution in [0.1, 0.15) is 19.8 Å². The van der Waals surface area contributed by atoms with Gasteiger partial charge in [0, 0.05) is 19.6 Å². The first-order chi connectivity index (χ1) is 6.79. The molecule has 4 nitrogen and oxygen atoms in total. The van der Waals surface area contributed by atoms with Crippen molar-refractivity contribution in [2.45, 2.75) is 19.8 Å². The lowest BCUT2D eigenvalue weighted by Gasteiger charge is -2.34. The molecule has 0 bridgehead atoms. The van der Waals surface area contributed by atoms with Gasteiger partial charge in [-0.05, 0) is 24.8 Å². The summed E-state index contributed by atoms with van der Waals surface area (Å²) in [6.45, 7) is 7.55. The molecule has 2 aliphatic heterocycles. The van der Waals surface area contributed by atoms with Crippen LogP contribution in [-0.2, 0) is 0 Å². The van der Waals surface area contributed by atoms with Crippen molar-refractivity contribution < 1.29 is 0 Å². The third kappa shape index (κ3) is 2.38. The monoisotopic (exact) mass is 196 g/mol. The molecule has 2 aliphatic rings. The number of hydrogen-bond donors (Lipinski definition) is 3. The van der Waals surface area contributed by atoms with Crippen LogP contribution in [0.2, 0.25) is 0 Å². The molecule has 1 atom stereocenters. The average molecular weight is 196 g/mol. The van der Waals surface area contributed by atoms with Crippen molar-refractivity contribution in [2.24, 2.45) is 10.4 Å². The van der Waals surface area contributed by atoms with Crippen molar-refractivity contribution in [3.63, 3.8) is 0 Å². The fourth-order valence-electron chi connectivity index (χ4n) is 2.08. The molecule has 0 radical (unpaired) electrons. The number of hydrogen-bond acceptors (Lipinski definition) is 4. The summed E-state index contributed by atoms with van der Waals surface area (Å²) in [6, 6.07) is 0. The number of aliphatic imine (C=N–C) groups is 1. The van der Waals surface area contributed by atoms with Gasteiger partial charge in [-0.1, -0.05) is 6.92 Å². The Morgan fingerprint density at radius 2 is 2.43 bits per heavy atom. The molecule has 0 spiro atoms. The van der Waals surface area contributed by atoms with E-state index in [0.29, 0.717) is 5.41 Å². The van der Waals surface area contributed by atoms with Crippen LogP contribution in [0.25, 0.3) is 0 Å². The number of nitrogens with zero attached hydrogens (tertiary/aromatic N) is 1. The van der Waals surface area contributed by atoms with Gasteiger partial charge >= 0.3 is 0 Å². The van der Waals surface area contributed by atoms with Crippen molar-refractivity contribution in [1.82, 2.24) is 16.0 Å². The maximum Gasteiger partial charge on any atom is 0.191 e. The second kappa shape index (κ2) is 4.17. The number of nitrogens with one attached hydrogen (secondary N) is 3. The van der Waals surface area contributed by atoms with Gasteiger partial charge in [0.15, 0.2) is 5.96 Å². The van der Waals surface area contributed by atoms with Gasteiger partial charge in [0.25, 0.3) is 0 Å². The fraction of sp³-hybridized carbons (Fsp3) is 0.900. The van der Waals surface area contributed by atoms with E-state index in [1.807, 2.05) is 0 Å². The van der Waals surface area contributed by atoms with Gasteiger partial charge in [0.05, 0.1) is 6.54 Å². The summed E-state index contributed by atoms with van der Waals surface area (Å²) in [5, 5.41) is 10.1. The predicted molar refractivity (Wildman–Crippen MR) is 58.5 cm³/mol. The van der Waals surface area contributed by atoms with E-state index in [-0.39, 0.29) is 0 Å². The molecular formula is C10H20N4. The van der Waals surface area contributed by atoms with Crippen LogP contribution in [0.4, 0.5) is 0 Å². The first kappa shape index (κ1) is 9.77. The highest BCUT2D eigenvalue weighted by Crippen LogP contribution is 2.23. The number of rotatable bonds is 2. The summed E-state index contributed by atoms with van der Waals surface area (Å²) in [6.07, 6.45) is 2.60. The third-order valence-electron chi connectivity index (χ3n) is 3.04. The minimum atomic E-state index is 0.394. The molecule has 80 valence electrons. The van der Waals surface area contributed by atoms with E-state index in [1.54, 1.807) is 0 Å². The molecule has 0 aromatic heterocycles. The van der Waals surface area contributed by atoms with E-state index in [9.17, 15) is 0 Å². The molecule has 14 heavy (non-hydrogen) atoms. The fourth-order valence-corrected chi connectivity index (χ4v) is 2.08. The van der Waals surface area contributed by atoms with Crippen LogP contribution in [0, 0.1) is 5.41 Å². The van der Waals surface area contributed by atoms with E-state index < -0.39 is 0 Å². The highest BCUT2D eigenvalue weighted by Gasteiger charge is 2.26. The van der Waals surface area contributed by atoms with Crippen LogP contribution in [0.3, 0.4) is 0 Å². The first-order valence-corrected chi connectivity index (χ1v) is 5.51. The van der Waals surface area contributed by atoms with Gasteiger partial charge in [0.1, 0.15) is 0 Å². The highest BCUT2D eigenvalue weighted by atomic mass is 15.2. The lowest BCUT2D eigenvalue weighted by molar-refractivity contribution is 0.237. The van der Waals surface area contributed by atoms with E-state index in [2.05, 4.69) is 27.9 Å². The second-order valence-corrected chi connectivity index (χ2v) is 4.60. The largest absolute Gasteiger partial charge is 0.356 e. The summed E-state index contributed by atoms with van der Waals surface area (Å²) >= 11 is 0. The summed E-state index contributed by atoms with van der Waals surface area (Å²) in [4.78, 5) is 4.33. The second-order valence-electron chi connectivity index (χ2n) is 4.60. The van der Waals surface area contributed by atoms with Crippen molar-refractivity contribution in [3.8, 4) is 0 Å². The Bertz CT molecular complexity index is 218. The molecule has 2 rings (SSSR count). The van der Waals surface area contributed by atoms with Gasteiger partial charge in [-0.2, -0.15) is 0 Å². The topological polar surface area (TPSA) is 48.5 Å². The Hall–Kier alpha value is -0.770. The zero-order valence-corrected chi connectivity index (χ0v) is 8.90. The molecule has 1 fully saturated rings. The van der Waals surface area contributed by atoms with Crippen LogP contribution in [-0.4, -0.2) is 38.7 Å². The van der Waals surface area contributed by atoms with Crippen LogP contribution in [0.5, 0.6) is 0 Å². The molecule has 0 aromatic carbocycles. The maximum atomic E-state index is 4.33. The lowest BCUT2D eigenvalue weighted by atomic mass is 9.83. The van der Waals surface area contributed by atoms with Crippen LogP contribution in [0.15, 0.2) is 4.99 Å². The van der Waals surface area contributed by atoms with Crippen LogP contribution >= 0.6 is 0 Å². The summed E-state index contributed by atoms with van der Waals surface area (Å²) in [5.74, 6) is 0.983. The molecule has 4 heteroatoms. The molecular weight excluding hydrogens is 176 g/mol. The minimum absolute atomic E-state index is 0.394. The molecule has 0 saturated carbocycles. The Morgan fingerprint density at radius 3 is 3.07 bits per heavy atom. The normalized spacial score (nSPS) is 32.2. The Labute approximate surface area is 85.6 Å². The third-order valence-corrected chi connectivity index (χ3v) is 3.04. The molecule has 1 saturated heterocycles. The van der Waals surface area contributed by atoms with Crippen molar-refractivity contribution in [3.05, 3.63) is 0 Å². The van der Waals surface area contributed by atoms with Crippen molar-refractivity contribution in [2.75, 3.05) is 32.7 Å². The zero-order chi connectivity index (χ0) is 9.86. The summed E-state index contributed by atoms with van der Waals surface area (Å²) in [5.41, 5.74) is 0.394. The Balaban J connectivity index is 1.77. The zero-order valence-electron chi connectivity index (χ0n) is 8.90. The molecule has 0 amide bonds. The van der Waals surface area contributed by atoms with Gasteiger partial charge in [-0.3, -0.25) is 4.99 Å². The van der Waals surface area contributed by atoms with E-state index in [0.717, 1.165) is 32.1 Å². The molecule has 1 unspecified atom stereocenters. The van der Waals surface area contributed by atoms with Gasteiger partial charge in [-0.25, -0.2) is 0 Å². The Kier molecular flexibility index (Phi) is 2.91. The molecule has 0 aromatic rings. The standard InChI is InChI=1S/C10H20N4/c1-10(3-2-4-11-7-10)8-14-9-12-5-6-13-9/h11H,2-8H2,1H3,(H2,12,13,14). The summed E-state index contributed by atoms with van der Waals surface area (Å²) < 4.78 is 0. The van der Waals surface area contributed by atoms with Crippen molar-refractivity contribution >= 4 is 5.96 Å². The first-order valence-electron chi connectivity index (χ1n) is 5.51. The number of piperidine rings is 1. The summed E-state index contributed by atoms with van der Waals surface area (Å²) in [7, 11) is 0. The predicted octanol–water partition coefficient (Wildman–Crippen LogP) is -0.0751. The van der Waals surface area contributed by atoms with E-state index >= 15 is 0 Å². The molecule has 2 heterocycles. The maximum absolute atomic E-state index is 4.33. The van der Waals surface area contributed by atoms with Gasteiger partial charge in [0.2, 0.25) is 0 Å². The lowest BCUT2D eigenvalue weighted by Crippen LogP contribution is -2.47. The highest BCUT2D eigenvalue weighted by molar-refractivity contribution is 5.81. The SMILES string of the molecule is CC1(CNC2=NCCN2)CCCNC1. The van der Waals surface area contributed by atoms with Gasteiger partial charge in [-0.15, -0.1) is 0 Å². The van der Waals surface area contributed by atoms with E-state index in [1.165, 1.54) is 19.4 Å². The Morgan fingerprint density at radius 1 is 1.50 bits per heavy atom. The smallest absolute Gasteiger partial charge is 0.191 e. The average Bonchev–Trinajstić information content (AvgIpc) is 2.69.